The molecule has 0 radical (unpaired) electrons. The highest BCUT2D eigenvalue weighted by Crippen LogP contribution is 2.25. The van der Waals surface area contributed by atoms with Crippen molar-refractivity contribution in [1.29, 1.82) is 0 Å². The number of carbonyl (C=O) groups is 1. The Morgan fingerprint density at radius 3 is 2.53 bits per heavy atom. The predicted octanol–water partition coefficient (Wildman–Crippen LogP) is 3.36. The van der Waals surface area contributed by atoms with E-state index in [-0.39, 0.29) is 12.5 Å². The molecule has 0 fully saturated rings. The first-order chi connectivity index (χ1) is 7.90. The Kier molecular flexibility index (Phi) is 4.55. The number of hydrogen-bond donors (Lipinski definition) is 1. The summed E-state index contributed by atoms with van der Waals surface area (Å²) in [6.45, 7) is 7.98. The number of carboxylic acids is 1. The van der Waals surface area contributed by atoms with Crippen LogP contribution >= 0.6 is 0 Å². The lowest BCUT2D eigenvalue weighted by molar-refractivity contribution is -0.138. The fourth-order valence-electron chi connectivity index (χ4n) is 1.61. The molecule has 0 bridgehead atoms. The van der Waals surface area contributed by atoms with Gasteiger partial charge in [-0.1, -0.05) is 26.0 Å². The number of aryl methyl sites for hydroxylation is 1. The molecule has 1 rings (SSSR count). The van der Waals surface area contributed by atoms with Gasteiger partial charge in [-0.2, -0.15) is 0 Å². The summed E-state index contributed by atoms with van der Waals surface area (Å²) in [5, 5.41) is 8.69. The molecular formula is C14H20O3. The Bertz CT molecular complexity index is 396. The Morgan fingerprint density at radius 1 is 1.35 bits per heavy atom. The van der Waals surface area contributed by atoms with Crippen LogP contribution in [0.15, 0.2) is 18.2 Å². The van der Waals surface area contributed by atoms with E-state index in [1.807, 2.05) is 19.1 Å². The van der Waals surface area contributed by atoms with E-state index in [1.165, 1.54) is 5.56 Å². The smallest absolute Gasteiger partial charge is 0.307 e. The third-order valence-electron chi connectivity index (χ3n) is 2.67. The molecule has 0 aromatic heterocycles. The van der Waals surface area contributed by atoms with Crippen LogP contribution in [-0.2, 0) is 4.79 Å². The number of aliphatic carboxylic acids is 1. The van der Waals surface area contributed by atoms with E-state index in [0.29, 0.717) is 5.92 Å². The van der Waals surface area contributed by atoms with Gasteiger partial charge in [0, 0.05) is 0 Å². The summed E-state index contributed by atoms with van der Waals surface area (Å²) in [6.07, 6.45) is -0.292. The number of rotatable bonds is 5. The summed E-state index contributed by atoms with van der Waals surface area (Å²) < 4.78 is 5.67. The maximum absolute atomic E-state index is 10.6. The van der Waals surface area contributed by atoms with Crippen LogP contribution in [0.25, 0.3) is 0 Å². The van der Waals surface area contributed by atoms with E-state index in [2.05, 4.69) is 19.9 Å². The molecule has 1 N–H and O–H groups in total. The zero-order valence-corrected chi connectivity index (χ0v) is 10.9. The third kappa shape index (κ3) is 4.10. The fourth-order valence-corrected chi connectivity index (χ4v) is 1.61. The van der Waals surface area contributed by atoms with E-state index in [4.69, 9.17) is 9.84 Å². The van der Waals surface area contributed by atoms with Crippen LogP contribution in [0.5, 0.6) is 5.75 Å². The largest absolute Gasteiger partial charge is 0.490 e. The highest BCUT2D eigenvalue weighted by Gasteiger charge is 2.11. The predicted molar refractivity (Wildman–Crippen MR) is 67.6 cm³/mol. The number of carboxylic acid groups (broad SMARTS) is 1. The minimum Gasteiger partial charge on any atom is -0.490 e. The second-order valence-electron chi connectivity index (χ2n) is 4.71. The van der Waals surface area contributed by atoms with Gasteiger partial charge in [0.15, 0.2) is 0 Å². The maximum atomic E-state index is 10.6. The van der Waals surface area contributed by atoms with Gasteiger partial charge in [-0.05, 0) is 37.0 Å². The SMILES string of the molecule is Cc1ccc(C(C)C)cc1O[C@@H](C)CC(=O)O. The average molecular weight is 236 g/mol. The van der Waals surface area contributed by atoms with Crippen LogP contribution in [0, 0.1) is 6.92 Å². The van der Waals surface area contributed by atoms with Crippen molar-refractivity contribution in [1.82, 2.24) is 0 Å². The van der Waals surface area contributed by atoms with Gasteiger partial charge in [-0.25, -0.2) is 0 Å². The Hall–Kier alpha value is -1.51. The summed E-state index contributed by atoms with van der Waals surface area (Å²) in [6, 6.07) is 6.09. The fraction of sp³-hybridized carbons (Fsp3) is 0.500. The summed E-state index contributed by atoms with van der Waals surface area (Å²) in [4.78, 5) is 10.6. The highest BCUT2D eigenvalue weighted by molar-refractivity contribution is 5.67. The van der Waals surface area contributed by atoms with Crippen LogP contribution in [0.3, 0.4) is 0 Å². The van der Waals surface area contributed by atoms with E-state index in [9.17, 15) is 4.79 Å². The quantitative estimate of drug-likeness (QED) is 0.852. The van der Waals surface area contributed by atoms with Crippen molar-refractivity contribution in [3.63, 3.8) is 0 Å². The first-order valence-corrected chi connectivity index (χ1v) is 5.89. The van der Waals surface area contributed by atoms with Gasteiger partial charge in [0.05, 0.1) is 6.42 Å². The normalized spacial score (nSPS) is 12.5. The molecule has 0 saturated carbocycles. The second-order valence-corrected chi connectivity index (χ2v) is 4.71. The van der Waals surface area contributed by atoms with Crippen LogP contribution < -0.4 is 4.74 Å². The highest BCUT2D eigenvalue weighted by atomic mass is 16.5. The zero-order valence-electron chi connectivity index (χ0n) is 10.9. The third-order valence-corrected chi connectivity index (χ3v) is 2.67. The number of ether oxygens (including phenoxy) is 1. The van der Waals surface area contributed by atoms with Gasteiger partial charge in [0.2, 0.25) is 0 Å². The molecule has 0 amide bonds. The van der Waals surface area contributed by atoms with Crippen molar-refractivity contribution in [2.75, 3.05) is 0 Å². The van der Waals surface area contributed by atoms with Crippen molar-refractivity contribution < 1.29 is 14.6 Å². The van der Waals surface area contributed by atoms with E-state index in [1.54, 1.807) is 6.92 Å². The molecule has 0 spiro atoms. The van der Waals surface area contributed by atoms with Crippen molar-refractivity contribution in [3.8, 4) is 5.75 Å². The Morgan fingerprint density at radius 2 is 2.00 bits per heavy atom. The van der Waals surface area contributed by atoms with E-state index >= 15 is 0 Å². The summed E-state index contributed by atoms with van der Waals surface area (Å²) in [5.41, 5.74) is 2.24. The molecular weight excluding hydrogens is 216 g/mol. The summed E-state index contributed by atoms with van der Waals surface area (Å²) in [7, 11) is 0. The molecule has 1 aromatic rings. The molecule has 0 saturated heterocycles. The summed E-state index contributed by atoms with van der Waals surface area (Å²) >= 11 is 0. The average Bonchev–Trinajstić information content (AvgIpc) is 2.19. The van der Waals surface area contributed by atoms with Gasteiger partial charge in [0.1, 0.15) is 11.9 Å². The molecule has 17 heavy (non-hydrogen) atoms. The van der Waals surface area contributed by atoms with Gasteiger partial charge < -0.3 is 9.84 Å². The molecule has 0 aliphatic rings. The molecule has 0 heterocycles. The molecule has 94 valence electrons. The second kappa shape index (κ2) is 5.71. The molecule has 3 heteroatoms. The molecule has 0 aliphatic heterocycles. The lowest BCUT2D eigenvalue weighted by atomic mass is 10.0. The minimum atomic E-state index is -0.838. The van der Waals surface area contributed by atoms with E-state index < -0.39 is 5.97 Å². The van der Waals surface area contributed by atoms with Crippen molar-refractivity contribution >= 4 is 5.97 Å². The molecule has 3 nitrogen and oxygen atoms in total. The van der Waals surface area contributed by atoms with Gasteiger partial charge >= 0.3 is 5.97 Å². The van der Waals surface area contributed by atoms with Crippen LogP contribution in [0.4, 0.5) is 0 Å². The monoisotopic (exact) mass is 236 g/mol. The van der Waals surface area contributed by atoms with Crippen LogP contribution in [0.1, 0.15) is 44.2 Å². The van der Waals surface area contributed by atoms with Gasteiger partial charge in [-0.15, -0.1) is 0 Å². The van der Waals surface area contributed by atoms with Crippen LogP contribution in [-0.4, -0.2) is 17.2 Å². The first kappa shape index (κ1) is 13.6. The Balaban J connectivity index is 2.82. The topological polar surface area (TPSA) is 46.5 Å². The van der Waals surface area contributed by atoms with Crippen molar-refractivity contribution in [2.45, 2.75) is 46.1 Å². The van der Waals surface area contributed by atoms with Crippen molar-refractivity contribution in [3.05, 3.63) is 29.3 Å². The lowest BCUT2D eigenvalue weighted by Gasteiger charge is -2.16. The number of benzene rings is 1. The first-order valence-electron chi connectivity index (χ1n) is 5.89. The summed E-state index contributed by atoms with van der Waals surface area (Å²) in [5.74, 6) is 0.382. The number of hydrogen-bond acceptors (Lipinski definition) is 2. The molecule has 0 unspecified atom stereocenters. The Labute approximate surface area is 102 Å². The zero-order chi connectivity index (χ0) is 13.0. The molecule has 1 aromatic carbocycles. The van der Waals surface area contributed by atoms with Gasteiger partial charge in [-0.3, -0.25) is 4.79 Å². The maximum Gasteiger partial charge on any atom is 0.307 e. The lowest BCUT2D eigenvalue weighted by Crippen LogP contribution is -2.17. The van der Waals surface area contributed by atoms with Crippen molar-refractivity contribution in [2.24, 2.45) is 0 Å². The van der Waals surface area contributed by atoms with Crippen LogP contribution in [0.2, 0.25) is 0 Å². The molecule has 1 atom stereocenters. The minimum absolute atomic E-state index is 0.0192. The van der Waals surface area contributed by atoms with E-state index in [0.717, 1.165) is 11.3 Å². The van der Waals surface area contributed by atoms with Gasteiger partial charge in [0.25, 0.3) is 0 Å². The standard InChI is InChI=1S/C14H20O3/c1-9(2)12-6-5-10(3)13(8-12)17-11(4)7-14(15)16/h5-6,8-9,11H,7H2,1-4H3,(H,15,16)/t11-/m0/s1. The molecule has 0 aliphatic carbocycles.